The summed E-state index contributed by atoms with van der Waals surface area (Å²) < 4.78 is 10.2. The molecule has 0 aliphatic rings. The molecule has 1 rings (SSSR count). The van der Waals surface area contributed by atoms with Gasteiger partial charge in [0.25, 0.3) is 5.91 Å². The van der Waals surface area contributed by atoms with E-state index in [1.54, 1.807) is 7.11 Å². The van der Waals surface area contributed by atoms with Crippen LogP contribution in [-0.2, 0) is 9.47 Å². The van der Waals surface area contributed by atoms with E-state index in [4.69, 9.17) is 9.47 Å². The quantitative estimate of drug-likeness (QED) is 0.674. The van der Waals surface area contributed by atoms with Crippen molar-refractivity contribution in [3.63, 3.8) is 0 Å². The zero-order chi connectivity index (χ0) is 13.4. The summed E-state index contributed by atoms with van der Waals surface area (Å²) in [6, 6.07) is 0. The van der Waals surface area contributed by atoms with Gasteiger partial charge in [-0.25, -0.2) is 0 Å². The highest BCUT2D eigenvalue weighted by Crippen LogP contribution is 2.08. The van der Waals surface area contributed by atoms with Crippen LogP contribution in [0.1, 0.15) is 28.2 Å². The van der Waals surface area contributed by atoms with Crippen LogP contribution in [0.3, 0.4) is 0 Å². The molecule has 0 aromatic carbocycles. The molecule has 0 spiro atoms. The van der Waals surface area contributed by atoms with Crippen molar-refractivity contribution < 1.29 is 14.3 Å². The number of rotatable bonds is 8. The van der Waals surface area contributed by atoms with E-state index >= 15 is 0 Å². The fourth-order valence-electron chi connectivity index (χ4n) is 1.59. The second kappa shape index (κ2) is 7.84. The first-order valence-corrected chi connectivity index (χ1v) is 6.03. The SMILES string of the molecule is COCCOCCCNC(=O)c1c(C)n[nH]c1C. The Labute approximate surface area is 107 Å². The Morgan fingerprint density at radius 3 is 2.72 bits per heavy atom. The minimum Gasteiger partial charge on any atom is -0.382 e. The number of amides is 1. The molecule has 0 aliphatic heterocycles. The van der Waals surface area contributed by atoms with Gasteiger partial charge in [-0.1, -0.05) is 0 Å². The van der Waals surface area contributed by atoms with Crippen molar-refractivity contribution in [1.82, 2.24) is 15.5 Å². The van der Waals surface area contributed by atoms with E-state index in [0.717, 1.165) is 17.8 Å². The van der Waals surface area contributed by atoms with Crippen molar-refractivity contribution in [2.24, 2.45) is 0 Å². The fourth-order valence-corrected chi connectivity index (χ4v) is 1.59. The van der Waals surface area contributed by atoms with E-state index in [9.17, 15) is 4.79 Å². The number of ether oxygens (including phenoxy) is 2. The van der Waals surface area contributed by atoms with Crippen LogP contribution in [0.15, 0.2) is 0 Å². The molecule has 0 fully saturated rings. The minimum atomic E-state index is -0.0874. The van der Waals surface area contributed by atoms with Crippen LogP contribution in [0.5, 0.6) is 0 Å². The molecule has 0 bridgehead atoms. The predicted octanol–water partition coefficient (Wildman–Crippen LogP) is 0.809. The molecule has 102 valence electrons. The third kappa shape index (κ3) is 4.46. The Hall–Kier alpha value is -1.40. The van der Waals surface area contributed by atoms with Crippen molar-refractivity contribution in [1.29, 1.82) is 0 Å². The highest BCUT2D eigenvalue weighted by molar-refractivity contribution is 5.96. The summed E-state index contributed by atoms with van der Waals surface area (Å²) in [4.78, 5) is 11.9. The molecular weight excluding hydrogens is 234 g/mol. The summed E-state index contributed by atoms with van der Waals surface area (Å²) in [6.07, 6.45) is 0.783. The molecule has 0 saturated heterocycles. The first-order valence-electron chi connectivity index (χ1n) is 6.03. The van der Waals surface area contributed by atoms with Crippen molar-refractivity contribution in [2.45, 2.75) is 20.3 Å². The highest BCUT2D eigenvalue weighted by atomic mass is 16.5. The molecule has 0 radical (unpaired) electrons. The molecule has 0 unspecified atom stereocenters. The Bertz CT molecular complexity index is 357. The van der Waals surface area contributed by atoms with Gasteiger partial charge in [-0.2, -0.15) is 5.10 Å². The highest BCUT2D eigenvalue weighted by Gasteiger charge is 2.14. The first kappa shape index (κ1) is 14.7. The van der Waals surface area contributed by atoms with Gasteiger partial charge in [0.15, 0.2) is 0 Å². The van der Waals surface area contributed by atoms with Crippen molar-refractivity contribution in [3.05, 3.63) is 17.0 Å². The van der Waals surface area contributed by atoms with Gasteiger partial charge in [0, 0.05) is 26.0 Å². The molecule has 6 nitrogen and oxygen atoms in total. The summed E-state index contributed by atoms with van der Waals surface area (Å²) in [5.41, 5.74) is 2.15. The molecule has 1 heterocycles. The number of methoxy groups -OCH3 is 1. The van der Waals surface area contributed by atoms with E-state index in [-0.39, 0.29) is 5.91 Å². The Morgan fingerprint density at radius 2 is 2.11 bits per heavy atom. The van der Waals surface area contributed by atoms with Gasteiger partial charge in [0.1, 0.15) is 0 Å². The van der Waals surface area contributed by atoms with Crippen molar-refractivity contribution in [2.75, 3.05) is 33.5 Å². The number of carbonyl (C=O) groups excluding carboxylic acids is 1. The largest absolute Gasteiger partial charge is 0.382 e. The number of aromatic amines is 1. The molecule has 6 heteroatoms. The smallest absolute Gasteiger partial charge is 0.255 e. The van der Waals surface area contributed by atoms with Gasteiger partial charge in [-0.3, -0.25) is 9.89 Å². The number of hydrogen-bond donors (Lipinski definition) is 2. The van der Waals surface area contributed by atoms with E-state index in [1.807, 2.05) is 13.8 Å². The number of nitrogens with one attached hydrogen (secondary N) is 2. The van der Waals surface area contributed by atoms with Crippen LogP contribution in [0.4, 0.5) is 0 Å². The second-order valence-corrected chi connectivity index (χ2v) is 4.02. The zero-order valence-electron chi connectivity index (χ0n) is 11.2. The van der Waals surface area contributed by atoms with Gasteiger partial charge in [-0.15, -0.1) is 0 Å². The molecule has 1 amide bonds. The third-order valence-corrected chi connectivity index (χ3v) is 2.54. The number of nitrogens with zero attached hydrogens (tertiary/aromatic N) is 1. The zero-order valence-corrected chi connectivity index (χ0v) is 11.2. The number of aromatic nitrogens is 2. The second-order valence-electron chi connectivity index (χ2n) is 4.02. The minimum absolute atomic E-state index is 0.0874. The predicted molar refractivity (Wildman–Crippen MR) is 67.7 cm³/mol. The van der Waals surface area contributed by atoms with Gasteiger partial charge >= 0.3 is 0 Å². The van der Waals surface area contributed by atoms with E-state index < -0.39 is 0 Å². The maximum atomic E-state index is 11.9. The van der Waals surface area contributed by atoms with Crippen LogP contribution in [0.2, 0.25) is 0 Å². The summed E-state index contributed by atoms with van der Waals surface area (Å²) in [6.45, 7) is 6.04. The summed E-state index contributed by atoms with van der Waals surface area (Å²) >= 11 is 0. The lowest BCUT2D eigenvalue weighted by Gasteiger charge is -2.06. The van der Waals surface area contributed by atoms with Gasteiger partial charge in [-0.05, 0) is 20.3 Å². The average Bonchev–Trinajstić information content (AvgIpc) is 2.68. The Morgan fingerprint density at radius 1 is 1.33 bits per heavy atom. The molecule has 0 saturated carbocycles. The number of carbonyl (C=O) groups is 1. The lowest BCUT2D eigenvalue weighted by Crippen LogP contribution is -2.26. The number of hydrogen-bond acceptors (Lipinski definition) is 4. The average molecular weight is 255 g/mol. The number of aryl methyl sites for hydroxylation is 2. The van der Waals surface area contributed by atoms with Crippen LogP contribution >= 0.6 is 0 Å². The summed E-state index contributed by atoms with van der Waals surface area (Å²) in [7, 11) is 1.64. The normalized spacial score (nSPS) is 10.6. The Kier molecular flexibility index (Phi) is 6.38. The monoisotopic (exact) mass is 255 g/mol. The van der Waals surface area contributed by atoms with E-state index in [1.165, 1.54) is 0 Å². The van der Waals surface area contributed by atoms with Crippen molar-refractivity contribution >= 4 is 5.91 Å². The van der Waals surface area contributed by atoms with E-state index in [2.05, 4.69) is 15.5 Å². The number of H-pyrrole nitrogens is 1. The van der Waals surface area contributed by atoms with Crippen LogP contribution in [-0.4, -0.2) is 49.6 Å². The van der Waals surface area contributed by atoms with Crippen LogP contribution in [0.25, 0.3) is 0 Å². The third-order valence-electron chi connectivity index (χ3n) is 2.54. The van der Waals surface area contributed by atoms with Gasteiger partial charge in [0.2, 0.25) is 0 Å². The van der Waals surface area contributed by atoms with Gasteiger partial charge in [0.05, 0.1) is 24.5 Å². The standard InChI is InChI=1S/C12H21N3O3/c1-9-11(10(2)15-14-9)12(16)13-5-4-6-18-8-7-17-3/h4-8H2,1-3H3,(H,13,16)(H,14,15). The first-order chi connectivity index (χ1) is 8.66. The molecule has 1 aromatic heterocycles. The molecule has 1 aromatic rings. The maximum absolute atomic E-state index is 11.9. The lowest BCUT2D eigenvalue weighted by molar-refractivity contribution is 0.0688. The van der Waals surface area contributed by atoms with E-state index in [0.29, 0.717) is 31.9 Å². The summed E-state index contributed by atoms with van der Waals surface area (Å²) in [5, 5.41) is 9.63. The van der Waals surface area contributed by atoms with Gasteiger partial charge < -0.3 is 14.8 Å². The van der Waals surface area contributed by atoms with Crippen LogP contribution < -0.4 is 5.32 Å². The topological polar surface area (TPSA) is 76.2 Å². The summed E-state index contributed by atoms with van der Waals surface area (Å²) in [5.74, 6) is -0.0874. The molecule has 18 heavy (non-hydrogen) atoms. The molecule has 2 N–H and O–H groups in total. The maximum Gasteiger partial charge on any atom is 0.255 e. The molecular formula is C12H21N3O3. The molecule has 0 aliphatic carbocycles. The molecule has 0 atom stereocenters. The fraction of sp³-hybridized carbons (Fsp3) is 0.667. The van der Waals surface area contributed by atoms with Crippen molar-refractivity contribution in [3.8, 4) is 0 Å². The Balaban J connectivity index is 2.18. The van der Waals surface area contributed by atoms with Crippen LogP contribution in [0, 0.1) is 13.8 Å². The lowest BCUT2D eigenvalue weighted by atomic mass is 10.2.